The van der Waals surface area contributed by atoms with Crippen LogP contribution in [0, 0.1) is 5.92 Å². The molecule has 2 aromatic rings. The maximum atomic E-state index is 13.8. The average Bonchev–Trinajstić information content (AvgIpc) is 3.41. The first-order valence-electron chi connectivity index (χ1n) is 11.7. The maximum absolute atomic E-state index is 13.8. The van der Waals surface area contributed by atoms with Crippen molar-refractivity contribution in [2.45, 2.75) is 76.6 Å². The summed E-state index contributed by atoms with van der Waals surface area (Å²) in [7, 11) is 0. The summed E-state index contributed by atoms with van der Waals surface area (Å²) in [6.45, 7) is 5.65. The highest BCUT2D eigenvalue weighted by Gasteiger charge is 2.49. The molecule has 0 radical (unpaired) electrons. The van der Waals surface area contributed by atoms with E-state index >= 15 is 0 Å². The van der Waals surface area contributed by atoms with Gasteiger partial charge in [-0.25, -0.2) is 4.98 Å². The molecule has 1 aliphatic carbocycles. The van der Waals surface area contributed by atoms with Crippen LogP contribution in [-0.4, -0.2) is 57.1 Å². The van der Waals surface area contributed by atoms with Gasteiger partial charge in [0.05, 0.1) is 23.7 Å². The standard InChI is InChI=1S/C24H32N4O3/c1-16-8-3-4-10-18(16)26-23(30)24(2)15-27-20-12-6-5-11-19(20)25-21(27)22(29)28(24)14-17-9-7-13-31-17/h5-6,11-12,16-18H,3-4,7-10,13-15H2,1-2H3,(H,26,30)/t16-,17-,18+,24-/m1/s1. The van der Waals surface area contributed by atoms with E-state index in [9.17, 15) is 9.59 Å². The van der Waals surface area contributed by atoms with Gasteiger partial charge in [-0.3, -0.25) is 9.59 Å². The predicted molar refractivity (Wildman–Crippen MR) is 118 cm³/mol. The number of amides is 2. The van der Waals surface area contributed by atoms with E-state index in [1.807, 2.05) is 35.8 Å². The normalized spacial score (nSPS) is 31.1. The molecule has 1 saturated carbocycles. The van der Waals surface area contributed by atoms with Gasteiger partial charge >= 0.3 is 0 Å². The number of para-hydroxylation sites is 2. The molecular weight excluding hydrogens is 392 g/mol. The lowest BCUT2D eigenvalue weighted by molar-refractivity contribution is -0.135. The molecule has 7 heteroatoms. The lowest BCUT2D eigenvalue weighted by Crippen LogP contribution is -2.66. The Kier molecular flexibility index (Phi) is 5.24. The van der Waals surface area contributed by atoms with Gasteiger partial charge in [0.15, 0.2) is 5.82 Å². The lowest BCUT2D eigenvalue weighted by atomic mass is 9.85. The molecule has 1 aromatic carbocycles. The fraction of sp³-hybridized carbons (Fsp3) is 0.625. The first-order valence-corrected chi connectivity index (χ1v) is 11.7. The van der Waals surface area contributed by atoms with E-state index < -0.39 is 5.54 Å². The van der Waals surface area contributed by atoms with Gasteiger partial charge < -0.3 is 19.5 Å². The Morgan fingerprint density at radius 3 is 2.81 bits per heavy atom. The van der Waals surface area contributed by atoms with Crippen molar-refractivity contribution in [3.8, 4) is 0 Å². The molecule has 4 atom stereocenters. The van der Waals surface area contributed by atoms with Crippen molar-refractivity contribution in [2.24, 2.45) is 5.92 Å². The van der Waals surface area contributed by atoms with Crippen LogP contribution in [0.1, 0.15) is 63.0 Å². The topological polar surface area (TPSA) is 76.5 Å². The number of nitrogens with one attached hydrogen (secondary N) is 1. The minimum atomic E-state index is -0.989. The Labute approximate surface area is 183 Å². The second kappa shape index (κ2) is 7.93. The molecule has 166 valence electrons. The van der Waals surface area contributed by atoms with Crippen LogP contribution in [0.5, 0.6) is 0 Å². The fourth-order valence-corrected chi connectivity index (χ4v) is 5.46. The number of rotatable bonds is 4. The van der Waals surface area contributed by atoms with Gasteiger partial charge in [-0.2, -0.15) is 0 Å². The number of hydrogen-bond donors (Lipinski definition) is 1. The summed E-state index contributed by atoms with van der Waals surface area (Å²) in [6.07, 6.45) is 6.38. The molecule has 31 heavy (non-hydrogen) atoms. The maximum Gasteiger partial charge on any atom is 0.290 e. The molecule has 0 spiro atoms. The van der Waals surface area contributed by atoms with Gasteiger partial charge in [0.1, 0.15) is 5.54 Å². The predicted octanol–water partition coefficient (Wildman–Crippen LogP) is 3.12. The fourth-order valence-electron chi connectivity index (χ4n) is 5.46. The van der Waals surface area contributed by atoms with Crippen molar-refractivity contribution in [1.29, 1.82) is 0 Å². The second-order valence-corrected chi connectivity index (χ2v) is 9.68. The molecular formula is C24H32N4O3. The van der Waals surface area contributed by atoms with E-state index in [2.05, 4.69) is 17.2 Å². The van der Waals surface area contributed by atoms with Crippen LogP contribution < -0.4 is 5.32 Å². The number of carbonyl (C=O) groups is 2. The van der Waals surface area contributed by atoms with Crippen LogP contribution in [0.2, 0.25) is 0 Å². The van der Waals surface area contributed by atoms with Crippen LogP contribution >= 0.6 is 0 Å². The summed E-state index contributed by atoms with van der Waals surface area (Å²) in [5.74, 6) is 0.612. The van der Waals surface area contributed by atoms with Crippen LogP contribution in [0.25, 0.3) is 11.0 Å². The van der Waals surface area contributed by atoms with Crippen molar-refractivity contribution in [1.82, 2.24) is 19.8 Å². The van der Waals surface area contributed by atoms with E-state index in [4.69, 9.17) is 4.74 Å². The average molecular weight is 425 g/mol. The number of ether oxygens (including phenoxy) is 1. The molecule has 2 amide bonds. The summed E-state index contributed by atoms with van der Waals surface area (Å²) in [4.78, 5) is 33.7. The highest BCUT2D eigenvalue weighted by molar-refractivity contribution is 6.01. The van der Waals surface area contributed by atoms with Gasteiger partial charge in [-0.05, 0) is 50.7 Å². The molecule has 2 fully saturated rings. The lowest BCUT2D eigenvalue weighted by Gasteiger charge is -2.45. The van der Waals surface area contributed by atoms with Gasteiger partial charge in [0.2, 0.25) is 5.91 Å². The van der Waals surface area contributed by atoms with E-state index in [1.165, 1.54) is 6.42 Å². The summed E-state index contributed by atoms with van der Waals surface area (Å²) < 4.78 is 7.76. The van der Waals surface area contributed by atoms with Crippen molar-refractivity contribution in [3.05, 3.63) is 30.1 Å². The van der Waals surface area contributed by atoms with E-state index in [0.29, 0.717) is 31.4 Å². The molecule has 0 unspecified atom stereocenters. The number of carbonyl (C=O) groups excluding carboxylic acids is 2. The highest BCUT2D eigenvalue weighted by Crippen LogP contribution is 2.33. The number of hydrogen-bond acceptors (Lipinski definition) is 4. The summed E-state index contributed by atoms with van der Waals surface area (Å²) in [5, 5.41) is 3.32. The molecule has 0 bridgehead atoms. The molecule has 1 saturated heterocycles. The van der Waals surface area contributed by atoms with Crippen LogP contribution in [-0.2, 0) is 16.1 Å². The number of aromatic nitrogens is 2. The zero-order chi connectivity index (χ0) is 21.6. The third kappa shape index (κ3) is 3.53. The third-order valence-corrected chi connectivity index (χ3v) is 7.48. The first-order chi connectivity index (χ1) is 15.0. The Morgan fingerprint density at radius 1 is 1.23 bits per heavy atom. The number of fused-ring (bicyclic) bond motifs is 3. The van der Waals surface area contributed by atoms with Crippen molar-refractivity contribution in [2.75, 3.05) is 13.2 Å². The van der Waals surface area contributed by atoms with Gasteiger partial charge in [0, 0.05) is 19.2 Å². The molecule has 5 rings (SSSR count). The molecule has 3 aliphatic rings. The summed E-state index contributed by atoms with van der Waals surface area (Å²) >= 11 is 0. The number of nitrogens with zero attached hydrogens (tertiary/aromatic N) is 3. The monoisotopic (exact) mass is 424 g/mol. The number of imidazole rings is 1. The zero-order valence-corrected chi connectivity index (χ0v) is 18.5. The van der Waals surface area contributed by atoms with Crippen molar-refractivity contribution < 1.29 is 14.3 Å². The Bertz CT molecular complexity index is 996. The van der Waals surface area contributed by atoms with Crippen LogP contribution in [0.4, 0.5) is 0 Å². The van der Waals surface area contributed by atoms with E-state index in [1.54, 1.807) is 4.90 Å². The Balaban J connectivity index is 1.51. The largest absolute Gasteiger partial charge is 0.376 e. The van der Waals surface area contributed by atoms with Gasteiger partial charge in [-0.15, -0.1) is 0 Å². The molecule has 1 aromatic heterocycles. The minimum absolute atomic E-state index is 0.0272. The molecule has 2 aliphatic heterocycles. The van der Waals surface area contributed by atoms with E-state index in [-0.39, 0.29) is 24.0 Å². The van der Waals surface area contributed by atoms with E-state index in [0.717, 1.165) is 43.1 Å². The molecule has 1 N–H and O–H groups in total. The molecule has 7 nitrogen and oxygen atoms in total. The second-order valence-electron chi connectivity index (χ2n) is 9.68. The molecule has 3 heterocycles. The quantitative estimate of drug-likeness (QED) is 0.818. The third-order valence-electron chi connectivity index (χ3n) is 7.48. The van der Waals surface area contributed by atoms with Crippen molar-refractivity contribution >= 4 is 22.8 Å². The first kappa shape index (κ1) is 20.5. The zero-order valence-electron chi connectivity index (χ0n) is 18.5. The minimum Gasteiger partial charge on any atom is -0.376 e. The summed E-state index contributed by atoms with van der Waals surface area (Å²) in [6, 6.07) is 7.92. The summed E-state index contributed by atoms with van der Waals surface area (Å²) in [5.41, 5.74) is 0.692. The smallest absolute Gasteiger partial charge is 0.290 e. The SMILES string of the molecule is C[C@@H]1CCCC[C@@H]1NC(=O)[C@@]1(C)Cn2c(nc3ccccc32)C(=O)N1C[C@H]1CCCO1. The number of benzene rings is 1. The highest BCUT2D eigenvalue weighted by atomic mass is 16.5. The Hall–Kier alpha value is -2.41. The van der Waals surface area contributed by atoms with Crippen molar-refractivity contribution in [3.63, 3.8) is 0 Å². The van der Waals surface area contributed by atoms with Crippen LogP contribution in [0.15, 0.2) is 24.3 Å². The van der Waals surface area contributed by atoms with Crippen LogP contribution in [0.3, 0.4) is 0 Å². The van der Waals surface area contributed by atoms with Gasteiger partial charge in [0.25, 0.3) is 5.91 Å². The van der Waals surface area contributed by atoms with Gasteiger partial charge in [-0.1, -0.05) is 31.9 Å². The Morgan fingerprint density at radius 2 is 2.03 bits per heavy atom.